The van der Waals surface area contributed by atoms with E-state index >= 15 is 0 Å². The number of aromatic nitrogens is 1. The Kier molecular flexibility index (Phi) is 5.51. The lowest BCUT2D eigenvalue weighted by atomic mass is 10.1. The van der Waals surface area contributed by atoms with Gasteiger partial charge in [0.1, 0.15) is 17.4 Å². The molecule has 6 heteroatoms. The van der Waals surface area contributed by atoms with Gasteiger partial charge in [-0.1, -0.05) is 13.3 Å². The number of carbonyl (C=O) groups excluding carboxylic acids is 1. The number of hydrogen-bond acceptors (Lipinski definition) is 5. The van der Waals surface area contributed by atoms with Crippen molar-refractivity contribution in [3.05, 3.63) is 46.8 Å². The van der Waals surface area contributed by atoms with Gasteiger partial charge in [0.15, 0.2) is 11.5 Å². The SMILES string of the molecule is CCCCn1c(C)cc(/C=C(\C#N)C(=O)Oc2ccc3c(c2)OCO3)c1C. The van der Waals surface area contributed by atoms with Gasteiger partial charge in [0.2, 0.25) is 6.79 Å². The molecule has 1 aromatic carbocycles. The van der Waals surface area contributed by atoms with E-state index in [9.17, 15) is 10.1 Å². The van der Waals surface area contributed by atoms with Crippen molar-refractivity contribution in [3.8, 4) is 23.3 Å². The molecule has 6 nitrogen and oxygen atoms in total. The minimum Gasteiger partial charge on any atom is -0.454 e. The maximum absolute atomic E-state index is 12.4. The van der Waals surface area contributed by atoms with E-state index in [2.05, 4.69) is 11.5 Å². The van der Waals surface area contributed by atoms with Crippen molar-refractivity contribution in [2.24, 2.45) is 0 Å². The van der Waals surface area contributed by atoms with Crippen molar-refractivity contribution in [2.45, 2.75) is 40.2 Å². The Bertz CT molecular complexity index is 934. The maximum atomic E-state index is 12.4. The molecule has 0 N–H and O–H groups in total. The standard InChI is InChI=1S/C21H22N2O4/c1-4-5-8-23-14(2)9-16(15(23)3)10-17(12-22)21(24)27-18-6-7-19-20(11-18)26-13-25-19/h6-7,9-11H,4-5,8,13H2,1-3H3/b17-10+. The molecule has 0 bridgehead atoms. The molecule has 2 aromatic rings. The maximum Gasteiger partial charge on any atom is 0.354 e. The summed E-state index contributed by atoms with van der Waals surface area (Å²) in [5.41, 5.74) is 2.93. The zero-order valence-electron chi connectivity index (χ0n) is 15.7. The molecule has 1 aliphatic rings. The van der Waals surface area contributed by atoms with Crippen molar-refractivity contribution in [2.75, 3.05) is 6.79 Å². The van der Waals surface area contributed by atoms with Crippen LogP contribution in [-0.4, -0.2) is 17.3 Å². The van der Waals surface area contributed by atoms with Gasteiger partial charge in [0, 0.05) is 24.0 Å². The number of nitriles is 1. The van der Waals surface area contributed by atoms with E-state index in [-0.39, 0.29) is 12.4 Å². The van der Waals surface area contributed by atoms with Gasteiger partial charge in [-0.15, -0.1) is 0 Å². The molecule has 1 aromatic heterocycles. The Balaban J connectivity index is 1.80. The highest BCUT2D eigenvalue weighted by Gasteiger charge is 2.18. The van der Waals surface area contributed by atoms with Crippen LogP contribution < -0.4 is 14.2 Å². The average Bonchev–Trinajstić information content (AvgIpc) is 3.22. The first-order chi connectivity index (χ1) is 13.0. The second-order valence-electron chi connectivity index (χ2n) is 6.41. The molecule has 0 amide bonds. The minimum absolute atomic E-state index is 0.0524. The summed E-state index contributed by atoms with van der Waals surface area (Å²) in [7, 11) is 0. The average molecular weight is 366 g/mol. The van der Waals surface area contributed by atoms with Gasteiger partial charge in [-0.05, 0) is 50.1 Å². The number of fused-ring (bicyclic) bond motifs is 1. The first-order valence-corrected chi connectivity index (χ1v) is 8.93. The van der Waals surface area contributed by atoms with Crippen LogP contribution in [0, 0.1) is 25.2 Å². The molecule has 3 rings (SSSR count). The van der Waals surface area contributed by atoms with Gasteiger partial charge in [-0.3, -0.25) is 0 Å². The highest BCUT2D eigenvalue weighted by Crippen LogP contribution is 2.35. The van der Waals surface area contributed by atoms with Crippen LogP contribution in [0.5, 0.6) is 17.2 Å². The number of unbranched alkanes of at least 4 members (excludes halogenated alkanes) is 1. The monoisotopic (exact) mass is 366 g/mol. The summed E-state index contributed by atoms with van der Waals surface area (Å²) in [5, 5.41) is 9.43. The molecule has 2 heterocycles. The number of benzene rings is 1. The van der Waals surface area contributed by atoms with Gasteiger partial charge in [0.25, 0.3) is 0 Å². The van der Waals surface area contributed by atoms with Crippen molar-refractivity contribution in [1.29, 1.82) is 5.26 Å². The predicted octanol–water partition coefficient (Wildman–Crippen LogP) is 4.15. The summed E-state index contributed by atoms with van der Waals surface area (Å²) in [6.45, 7) is 7.23. The molecule has 140 valence electrons. The van der Waals surface area contributed by atoms with Gasteiger partial charge in [-0.2, -0.15) is 5.26 Å². The molecule has 0 saturated carbocycles. The van der Waals surface area contributed by atoms with Crippen LogP contribution >= 0.6 is 0 Å². The summed E-state index contributed by atoms with van der Waals surface area (Å²) >= 11 is 0. The summed E-state index contributed by atoms with van der Waals surface area (Å²) in [4.78, 5) is 12.4. The van der Waals surface area contributed by atoms with Crippen molar-refractivity contribution >= 4 is 12.0 Å². The third kappa shape index (κ3) is 3.98. The summed E-state index contributed by atoms with van der Waals surface area (Å²) in [6, 6.07) is 8.78. The fourth-order valence-electron chi connectivity index (χ4n) is 3.03. The first-order valence-electron chi connectivity index (χ1n) is 8.93. The first kappa shape index (κ1) is 18.6. The third-order valence-electron chi connectivity index (χ3n) is 4.54. The number of ether oxygens (including phenoxy) is 3. The van der Waals surface area contributed by atoms with Crippen molar-refractivity contribution in [3.63, 3.8) is 0 Å². The Labute approximate surface area is 158 Å². The molecular weight excluding hydrogens is 344 g/mol. The molecule has 0 unspecified atom stereocenters. The molecular formula is C21H22N2O4. The zero-order valence-corrected chi connectivity index (χ0v) is 15.7. The van der Waals surface area contributed by atoms with Gasteiger partial charge < -0.3 is 18.8 Å². The molecule has 0 fully saturated rings. The molecule has 1 aliphatic heterocycles. The lowest BCUT2D eigenvalue weighted by Crippen LogP contribution is -2.10. The van der Waals surface area contributed by atoms with Gasteiger partial charge in [-0.25, -0.2) is 4.79 Å². The van der Waals surface area contributed by atoms with E-state index in [0.717, 1.165) is 36.3 Å². The topological polar surface area (TPSA) is 73.5 Å². The molecule has 0 atom stereocenters. The van der Waals surface area contributed by atoms with E-state index in [0.29, 0.717) is 17.2 Å². The zero-order chi connectivity index (χ0) is 19.4. The minimum atomic E-state index is -0.699. The van der Waals surface area contributed by atoms with Crippen molar-refractivity contribution in [1.82, 2.24) is 4.57 Å². The number of hydrogen-bond donors (Lipinski definition) is 0. The molecule has 0 spiro atoms. The molecule has 0 radical (unpaired) electrons. The number of aryl methyl sites for hydroxylation is 1. The van der Waals surface area contributed by atoms with Crippen LogP contribution in [0.1, 0.15) is 36.7 Å². The number of esters is 1. The summed E-state index contributed by atoms with van der Waals surface area (Å²) < 4.78 is 18.0. The normalized spacial score (nSPS) is 12.7. The number of carbonyl (C=O) groups is 1. The highest BCUT2D eigenvalue weighted by atomic mass is 16.7. The van der Waals surface area contributed by atoms with Crippen LogP contribution in [0.2, 0.25) is 0 Å². The Morgan fingerprint density at radius 2 is 2.07 bits per heavy atom. The number of nitrogens with zero attached hydrogens (tertiary/aromatic N) is 2. The second-order valence-corrected chi connectivity index (χ2v) is 6.41. The quantitative estimate of drug-likeness (QED) is 0.332. The van der Waals surface area contributed by atoms with Crippen LogP contribution in [0.3, 0.4) is 0 Å². The third-order valence-corrected chi connectivity index (χ3v) is 4.54. The largest absolute Gasteiger partial charge is 0.454 e. The van der Waals surface area contributed by atoms with Gasteiger partial charge in [0.05, 0.1) is 0 Å². The van der Waals surface area contributed by atoms with E-state index in [4.69, 9.17) is 14.2 Å². The van der Waals surface area contributed by atoms with E-state index in [1.807, 2.05) is 26.0 Å². The van der Waals surface area contributed by atoms with E-state index < -0.39 is 5.97 Å². The van der Waals surface area contributed by atoms with Crippen LogP contribution in [0.25, 0.3) is 6.08 Å². The number of rotatable bonds is 6. The lowest BCUT2D eigenvalue weighted by Gasteiger charge is -2.08. The smallest absolute Gasteiger partial charge is 0.354 e. The molecule has 27 heavy (non-hydrogen) atoms. The van der Waals surface area contributed by atoms with E-state index in [1.54, 1.807) is 24.3 Å². The predicted molar refractivity (Wildman–Crippen MR) is 101 cm³/mol. The van der Waals surface area contributed by atoms with Crippen molar-refractivity contribution < 1.29 is 19.0 Å². The van der Waals surface area contributed by atoms with Crippen LogP contribution in [0.4, 0.5) is 0 Å². The molecule has 0 aliphatic carbocycles. The van der Waals surface area contributed by atoms with E-state index in [1.165, 1.54) is 0 Å². The Hall–Kier alpha value is -3.20. The van der Waals surface area contributed by atoms with Crippen LogP contribution in [0.15, 0.2) is 29.8 Å². The second kappa shape index (κ2) is 8.00. The fraction of sp³-hybridized carbons (Fsp3) is 0.333. The Morgan fingerprint density at radius 3 is 2.81 bits per heavy atom. The van der Waals surface area contributed by atoms with Crippen LogP contribution in [-0.2, 0) is 11.3 Å². The summed E-state index contributed by atoms with van der Waals surface area (Å²) in [5.74, 6) is 0.723. The van der Waals surface area contributed by atoms with Gasteiger partial charge >= 0.3 is 5.97 Å². The lowest BCUT2D eigenvalue weighted by molar-refractivity contribution is -0.129. The highest BCUT2D eigenvalue weighted by molar-refractivity contribution is 5.99. The molecule has 0 saturated heterocycles. The Morgan fingerprint density at radius 1 is 1.30 bits per heavy atom. The fourth-order valence-corrected chi connectivity index (χ4v) is 3.03. The summed E-state index contributed by atoms with van der Waals surface area (Å²) in [6.07, 6.45) is 3.77.